The molecule has 1 aromatic carbocycles. The highest BCUT2D eigenvalue weighted by Crippen LogP contribution is 2.33. The summed E-state index contributed by atoms with van der Waals surface area (Å²) in [6.45, 7) is 1.66. The highest BCUT2D eigenvalue weighted by atomic mass is 19.4. The van der Waals surface area contributed by atoms with Crippen molar-refractivity contribution in [3.63, 3.8) is 0 Å². The fourth-order valence-corrected chi connectivity index (χ4v) is 1.61. The van der Waals surface area contributed by atoms with E-state index in [1.165, 1.54) is 6.07 Å². The van der Waals surface area contributed by atoms with Crippen LogP contribution < -0.4 is 5.32 Å². The summed E-state index contributed by atoms with van der Waals surface area (Å²) in [7, 11) is 0. The molecule has 0 spiro atoms. The van der Waals surface area contributed by atoms with Gasteiger partial charge in [-0.25, -0.2) is 4.79 Å². The second kappa shape index (κ2) is 5.92. The molecule has 0 fully saturated rings. The summed E-state index contributed by atoms with van der Waals surface area (Å²) < 4.78 is 37.8. The van der Waals surface area contributed by atoms with Crippen molar-refractivity contribution in [3.05, 3.63) is 29.3 Å². The maximum Gasteiger partial charge on any atom is 0.417 e. The number of anilines is 1. The third-order valence-electron chi connectivity index (χ3n) is 2.53. The van der Waals surface area contributed by atoms with Crippen LogP contribution in [0.5, 0.6) is 0 Å². The summed E-state index contributed by atoms with van der Waals surface area (Å²) in [4.78, 5) is 10.9. The van der Waals surface area contributed by atoms with Crippen LogP contribution in [0.15, 0.2) is 18.2 Å². The maximum absolute atomic E-state index is 12.6. The highest BCUT2D eigenvalue weighted by Gasteiger charge is 2.35. The van der Waals surface area contributed by atoms with E-state index in [0.717, 1.165) is 12.1 Å². The van der Waals surface area contributed by atoms with Crippen molar-refractivity contribution in [2.45, 2.75) is 25.6 Å². The minimum Gasteiger partial charge on any atom is -0.478 e. The van der Waals surface area contributed by atoms with Crippen molar-refractivity contribution in [3.8, 4) is 0 Å². The Bertz CT molecular complexity index is 460. The molecule has 0 heterocycles. The minimum atomic E-state index is -4.71. The van der Waals surface area contributed by atoms with E-state index < -0.39 is 23.3 Å². The smallest absolute Gasteiger partial charge is 0.417 e. The predicted octanol–water partition coefficient (Wildman–Crippen LogP) is 2.59. The molecule has 1 rings (SSSR count). The zero-order valence-electron chi connectivity index (χ0n) is 10.2. The molecule has 4 nitrogen and oxygen atoms in total. The second-order valence-corrected chi connectivity index (χ2v) is 4.12. The van der Waals surface area contributed by atoms with Gasteiger partial charge in [-0.05, 0) is 31.5 Å². The van der Waals surface area contributed by atoms with Gasteiger partial charge in [-0.15, -0.1) is 0 Å². The predicted molar refractivity (Wildman–Crippen MR) is 63.2 cm³/mol. The number of aliphatic hydroxyl groups excluding tert-OH is 1. The lowest BCUT2D eigenvalue weighted by Gasteiger charge is -2.16. The van der Waals surface area contributed by atoms with E-state index in [1.807, 2.05) is 0 Å². The van der Waals surface area contributed by atoms with Gasteiger partial charge in [-0.3, -0.25) is 0 Å². The van der Waals surface area contributed by atoms with Gasteiger partial charge in [0.25, 0.3) is 0 Å². The number of carboxylic acids is 1. The summed E-state index contributed by atoms with van der Waals surface area (Å²) in [5.41, 5.74) is -1.71. The fraction of sp³-hybridized carbons (Fsp3) is 0.417. The molecule has 0 amide bonds. The van der Waals surface area contributed by atoms with E-state index >= 15 is 0 Å². The van der Waals surface area contributed by atoms with Crippen LogP contribution in [-0.2, 0) is 6.18 Å². The van der Waals surface area contributed by atoms with Crippen molar-refractivity contribution >= 4 is 11.7 Å². The number of carbonyl (C=O) groups is 1. The first kappa shape index (κ1) is 15.3. The SMILES string of the molecule is CC(CCO)Nc1ccc(C(F)(F)F)c(C(=O)O)c1. The topological polar surface area (TPSA) is 69.6 Å². The minimum absolute atomic E-state index is 0.0689. The van der Waals surface area contributed by atoms with E-state index in [9.17, 15) is 18.0 Å². The van der Waals surface area contributed by atoms with E-state index in [2.05, 4.69) is 5.32 Å². The fourth-order valence-electron chi connectivity index (χ4n) is 1.61. The average molecular weight is 277 g/mol. The first-order valence-corrected chi connectivity index (χ1v) is 5.57. The lowest BCUT2D eigenvalue weighted by molar-refractivity contribution is -0.138. The third kappa shape index (κ3) is 4.13. The molecule has 0 saturated heterocycles. The highest BCUT2D eigenvalue weighted by molar-refractivity contribution is 5.91. The van der Waals surface area contributed by atoms with Crippen LogP contribution in [0.3, 0.4) is 0 Å². The Kier molecular flexibility index (Phi) is 4.77. The number of hydrogen-bond acceptors (Lipinski definition) is 3. The summed E-state index contributed by atoms with van der Waals surface area (Å²) in [5, 5.41) is 20.4. The average Bonchev–Trinajstić information content (AvgIpc) is 2.27. The van der Waals surface area contributed by atoms with Crippen molar-refractivity contribution < 1.29 is 28.2 Å². The number of halogens is 3. The number of hydrogen-bond donors (Lipinski definition) is 3. The Morgan fingerprint density at radius 2 is 2.05 bits per heavy atom. The Morgan fingerprint density at radius 1 is 1.42 bits per heavy atom. The van der Waals surface area contributed by atoms with Gasteiger partial charge in [0.1, 0.15) is 0 Å². The standard InChI is InChI=1S/C12H14F3NO3/c1-7(4-5-17)16-8-2-3-10(12(13,14)15)9(6-8)11(18)19/h2-3,6-7,16-17H,4-5H2,1H3,(H,18,19). The molecule has 1 unspecified atom stereocenters. The molecular formula is C12H14F3NO3. The van der Waals surface area contributed by atoms with Gasteiger partial charge in [0.2, 0.25) is 0 Å². The zero-order valence-corrected chi connectivity index (χ0v) is 10.2. The molecule has 0 bridgehead atoms. The van der Waals surface area contributed by atoms with Crippen LogP contribution in [0, 0.1) is 0 Å². The van der Waals surface area contributed by atoms with Crippen molar-refractivity contribution in [1.29, 1.82) is 0 Å². The van der Waals surface area contributed by atoms with Crippen LogP contribution in [0.2, 0.25) is 0 Å². The van der Waals surface area contributed by atoms with Crippen LogP contribution >= 0.6 is 0 Å². The molecular weight excluding hydrogens is 263 g/mol. The quantitative estimate of drug-likeness (QED) is 0.773. The van der Waals surface area contributed by atoms with E-state index in [0.29, 0.717) is 6.42 Å². The molecule has 0 aromatic heterocycles. The van der Waals surface area contributed by atoms with Gasteiger partial charge in [-0.2, -0.15) is 13.2 Å². The number of alkyl halides is 3. The summed E-state index contributed by atoms with van der Waals surface area (Å²) in [6.07, 6.45) is -4.30. The Balaban J connectivity index is 3.07. The molecule has 7 heteroatoms. The number of benzene rings is 1. The Morgan fingerprint density at radius 3 is 2.53 bits per heavy atom. The number of aliphatic hydroxyl groups is 1. The van der Waals surface area contributed by atoms with Crippen LogP contribution in [0.4, 0.5) is 18.9 Å². The lowest BCUT2D eigenvalue weighted by atomic mass is 10.1. The normalized spacial score (nSPS) is 13.1. The number of aromatic carboxylic acids is 1. The molecule has 106 valence electrons. The number of carboxylic acid groups (broad SMARTS) is 1. The van der Waals surface area contributed by atoms with Crippen LogP contribution in [0.1, 0.15) is 29.3 Å². The first-order valence-electron chi connectivity index (χ1n) is 5.57. The van der Waals surface area contributed by atoms with Crippen LogP contribution in [-0.4, -0.2) is 28.8 Å². The maximum atomic E-state index is 12.6. The molecule has 0 aliphatic rings. The number of rotatable bonds is 5. The van der Waals surface area contributed by atoms with Gasteiger partial charge in [0, 0.05) is 18.3 Å². The molecule has 0 radical (unpaired) electrons. The van der Waals surface area contributed by atoms with Gasteiger partial charge < -0.3 is 15.5 Å². The number of nitrogens with one attached hydrogen (secondary N) is 1. The lowest BCUT2D eigenvalue weighted by Crippen LogP contribution is -2.18. The third-order valence-corrected chi connectivity index (χ3v) is 2.53. The van der Waals surface area contributed by atoms with Crippen molar-refractivity contribution in [1.82, 2.24) is 0 Å². The van der Waals surface area contributed by atoms with E-state index in [1.54, 1.807) is 6.92 Å². The van der Waals surface area contributed by atoms with Gasteiger partial charge in [-0.1, -0.05) is 0 Å². The zero-order chi connectivity index (χ0) is 14.6. The monoisotopic (exact) mass is 277 g/mol. The van der Waals surface area contributed by atoms with E-state index in [4.69, 9.17) is 10.2 Å². The molecule has 3 N–H and O–H groups in total. The van der Waals surface area contributed by atoms with Crippen molar-refractivity contribution in [2.75, 3.05) is 11.9 Å². The first-order chi connectivity index (χ1) is 8.75. The summed E-state index contributed by atoms with van der Waals surface area (Å²) >= 11 is 0. The van der Waals surface area contributed by atoms with Crippen LogP contribution in [0.25, 0.3) is 0 Å². The second-order valence-electron chi connectivity index (χ2n) is 4.12. The van der Waals surface area contributed by atoms with Crippen molar-refractivity contribution in [2.24, 2.45) is 0 Å². The van der Waals surface area contributed by atoms with Gasteiger partial charge in [0.05, 0.1) is 11.1 Å². The molecule has 0 saturated carbocycles. The van der Waals surface area contributed by atoms with Gasteiger partial charge >= 0.3 is 12.1 Å². The summed E-state index contributed by atoms with van der Waals surface area (Å²) in [5.74, 6) is -1.63. The van der Waals surface area contributed by atoms with Gasteiger partial charge in [0.15, 0.2) is 0 Å². The Labute approximate surface area is 107 Å². The molecule has 0 aliphatic carbocycles. The largest absolute Gasteiger partial charge is 0.478 e. The molecule has 0 aliphatic heterocycles. The van der Waals surface area contributed by atoms with E-state index in [-0.39, 0.29) is 18.3 Å². The Hall–Kier alpha value is -1.76. The molecule has 19 heavy (non-hydrogen) atoms. The molecule has 1 atom stereocenters. The molecule has 1 aromatic rings. The summed E-state index contributed by atoms with van der Waals surface area (Å²) in [6, 6.07) is 2.67.